The predicted octanol–water partition coefficient (Wildman–Crippen LogP) is -0.0171. The van der Waals surface area contributed by atoms with Crippen LogP contribution in [0.2, 0.25) is 0 Å². The van der Waals surface area contributed by atoms with Crippen LogP contribution in [-0.4, -0.2) is 34.5 Å². The van der Waals surface area contributed by atoms with Gasteiger partial charge in [-0.25, -0.2) is 0 Å². The molecule has 0 aliphatic carbocycles. The SMILES string of the molecule is CNCCC(=O)O.O=[P+](O)O[P+](=O)O. The molecule has 0 radical (unpaired) electrons. The van der Waals surface area contributed by atoms with E-state index in [1.807, 2.05) is 0 Å². The van der Waals surface area contributed by atoms with Crippen LogP contribution in [0.25, 0.3) is 0 Å². The molecule has 0 aromatic heterocycles. The number of hydrogen-bond acceptors (Lipinski definition) is 5. The van der Waals surface area contributed by atoms with Crippen molar-refractivity contribution in [3.63, 3.8) is 0 Å². The highest BCUT2D eigenvalue weighted by Crippen LogP contribution is 2.30. The molecule has 0 bridgehead atoms. The Balaban J connectivity index is 0. The Labute approximate surface area is 81.8 Å². The van der Waals surface area contributed by atoms with Crippen molar-refractivity contribution in [2.24, 2.45) is 0 Å². The van der Waals surface area contributed by atoms with E-state index in [0.717, 1.165) is 0 Å². The molecule has 14 heavy (non-hydrogen) atoms. The van der Waals surface area contributed by atoms with Crippen LogP contribution in [0.1, 0.15) is 6.42 Å². The molecule has 10 heteroatoms. The van der Waals surface area contributed by atoms with Gasteiger partial charge in [0.05, 0.1) is 6.42 Å². The predicted molar refractivity (Wildman–Crippen MR) is 46.9 cm³/mol. The Morgan fingerprint density at radius 3 is 1.86 bits per heavy atom. The van der Waals surface area contributed by atoms with Crippen molar-refractivity contribution in [3.8, 4) is 0 Å². The summed E-state index contributed by atoms with van der Waals surface area (Å²) in [7, 11) is -4.12. The van der Waals surface area contributed by atoms with Gasteiger partial charge in [-0.3, -0.25) is 4.79 Å². The lowest BCUT2D eigenvalue weighted by molar-refractivity contribution is -0.136. The largest absolute Gasteiger partial charge is 0.745 e. The van der Waals surface area contributed by atoms with Crippen LogP contribution in [0.15, 0.2) is 0 Å². The van der Waals surface area contributed by atoms with Gasteiger partial charge in [0.15, 0.2) is 4.31 Å². The minimum atomic E-state index is -2.92. The van der Waals surface area contributed by atoms with Crippen molar-refractivity contribution in [1.82, 2.24) is 5.32 Å². The molecule has 0 aromatic carbocycles. The first kappa shape index (κ1) is 16.0. The molecule has 0 aromatic rings. The normalized spacial score (nSPS) is 11.1. The fourth-order valence-corrected chi connectivity index (χ4v) is 0.770. The van der Waals surface area contributed by atoms with Gasteiger partial charge in [0.25, 0.3) is 0 Å². The third-order valence-electron chi connectivity index (χ3n) is 0.729. The smallest absolute Gasteiger partial charge is 0.481 e. The summed E-state index contributed by atoms with van der Waals surface area (Å²) in [5.74, 6) is -0.755. The van der Waals surface area contributed by atoms with E-state index in [4.69, 9.17) is 14.9 Å². The van der Waals surface area contributed by atoms with E-state index < -0.39 is 22.5 Å². The van der Waals surface area contributed by atoms with Gasteiger partial charge in [-0.15, -0.1) is 9.79 Å². The summed E-state index contributed by atoms with van der Waals surface area (Å²) in [5.41, 5.74) is 0. The van der Waals surface area contributed by atoms with Crippen LogP contribution in [0, 0.1) is 0 Å². The van der Waals surface area contributed by atoms with Crippen LogP contribution in [0.5, 0.6) is 0 Å². The molecular weight excluding hydrogens is 236 g/mol. The van der Waals surface area contributed by atoms with Gasteiger partial charge < -0.3 is 10.4 Å². The number of carboxylic acid groups (broad SMARTS) is 1. The van der Waals surface area contributed by atoms with Gasteiger partial charge >= 0.3 is 22.5 Å². The lowest BCUT2D eigenvalue weighted by atomic mass is 10.4. The molecule has 0 saturated heterocycles. The van der Waals surface area contributed by atoms with E-state index in [1.54, 1.807) is 7.05 Å². The molecule has 0 rings (SSSR count). The van der Waals surface area contributed by atoms with Crippen molar-refractivity contribution in [2.75, 3.05) is 13.6 Å². The average Bonchev–Trinajstić information content (AvgIpc) is 1.99. The van der Waals surface area contributed by atoms with Crippen LogP contribution >= 0.6 is 16.5 Å². The maximum absolute atomic E-state index is 9.72. The highest BCUT2D eigenvalue weighted by molar-refractivity contribution is 7.46. The maximum atomic E-state index is 9.72. The molecule has 0 amide bonds. The third-order valence-corrected chi connectivity index (χ3v) is 1.85. The van der Waals surface area contributed by atoms with Crippen LogP contribution in [0.4, 0.5) is 0 Å². The van der Waals surface area contributed by atoms with Gasteiger partial charge in [0, 0.05) is 15.7 Å². The van der Waals surface area contributed by atoms with Gasteiger partial charge in [-0.1, -0.05) is 0 Å². The minimum Gasteiger partial charge on any atom is -0.481 e. The summed E-state index contributed by atoms with van der Waals surface area (Å²) in [6.45, 7) is 0.551. The van der Waals surface area contributed by atoms with Crippen molar-refractivity contribution < 1.29 is 33.1 Å². The van der Waals surface area contributed by atoms with E-state index >= 15 is 0 Å². The first-order valence-electron chi connectivity index (χ1n) is 3.27. The van der Waals surface area contributed by atoms with Crippen molar-refractivity contribution in [1.29, 1.82) is 0 Å². The quantitative estimate of drug-likeness (QED) is 0.498. The Bertz CT molecular complexity index is 196. The zero-order chi connectivity index (χ0) is 11.6. The van der Waals surface area contributed by atoms with Gasteiger partial charge in [0.1, 0.15) is 0 Å². The van der Waals surface area contributed by atoms with E-state index in [0.29, 0.717) is 6.54 Å². The van der Waals surface area contributed by atoms with Crippen LogP contribution in [-0.2, 0) is 18.2 Å². The Kier molecular flexibility index (Phi) is 12.1. The van der Waals surface area contributed by atoms with Crippen molar-refractivity contribution >= 4 is 22.5 Å². The standard InChI is InChI=1S/C4H9NO2.O5P2/c1-5-3-2-4(6)7;1-6(2)5-7(3)4/h5H,2-3H2,1H3,(H,6,7);/p+2. The summed E-state index contributed by atoms with van der Waals surface area (Å²) >= 11 is 0. The zero-order valence-electron chi connectivity index (χ0n) is 7.28. The molecular formula is C4H11NO7P2+2. The maximum Gasteiger partial charge on any atom is 0.745 e. The number of carboxylic acids is 1. The summed E-state index contributed by atoms with van der Waals surface area (Å²) in [6.07, 6.45) is 0.205. The number of nitrogens with one attached hydrogen (secondary N) is 1. The number of rotatable bonds is 5. The molecule has 0 aliphatic heterocycles. The number of carbonyl (C=O) groups is 1. The molecule has 0 saturated carbocycles. The van der Waals surface area contributed by atoms with Crippen LogP contribution < -0.4 is 5.32 Å². The van der Waals surface area contributed by atoms with Gasteiger partial charge in [-0.05, 0) is 7.05 Å². The van der Waals surface area contributed by atoms with Crippen molar-refractivity contribution in [2.45, 2.75) is 6.42 Å². The third kappa shape index (κ3) is 22.5. The Hall–Kier alpha value is -0.490. The topological polar surface area (TPSA) is 133 Å². The molecule has 2 atom stereocenters. The summed E-state index contributed by atoms with van der Waals surface area (Å²) in [4.78, 5) is 25.1. The molecule has 0 spiro atoms. The average molecular weight is 247 g/mol. The van der Waals surface area contributed by atoms with Gasteiger partial charge in [-0.2, -0.15) is 0 Å². The molecule has 0 fully saturated rings. The van der Waals surface area contributed by atoms with E-state index in [2.05, 4.69) is 9.63 Å². The lowest BCUT2D eigenvalue weighted by Gasteiger charge is -1.88. The monoisotopic (exact) mass is 247 g/mol. The Morgan fingerprint density at radius 1 is 1.36 bits per heavy atom. The first-order valence-corrected chi connectivity index (χ1v) is 5.53. The zero-order valence-corrected chi connectivity index (χ0v) is 9.07. The summed E-state index contributed by atoms with van der Waals surface area (Å²) in [5, 5.41) is 10.7. The van der Waals surface area contributed by atoms with E-state index in [1.165, 1.54) is 0 Å². The Morgan fingerprint density at radius 2 is 1.79 bits per heavy atom. The highest BCUT2D eigenvalue weighted by Gasteiger charge is 2.31. The first-order chi connectivity index (χ1) is 6.40. The van der Waals surface area contributed by atoms with Crippen LogP contribution in [0.3, 0.4) is 0 Å². The second-order valence-corrected chi connectivity index (χ2v) is 3.41. The van der Waals surface area contributed by atoms with E-state index in [-0.39, 0.29) is 6.42 Å². The number of hydrogen-bond donors (Lipinski definition) is 4. The molecule has 82 valence electrons. The lowest BCUT2D eigenvalue weighted by Crippen LogP contribution is -2.11. The highest BCUT2D eigenvalue weighted by atomic mass is 31.2. The fraction of sp³-hybridized carbons (Fsp3) is 0.750. The van der Waals surface area contributed by atoms with E-state index in [9.17, 15) is 13.9 Å². The molecule has 4 N–H and O–H groups in total. The minimum absolute atomic E-state index is 0.205. The fourth-order valence-electron chi connectivity index (χ4n) is 0.292. The second kappa shape index (κ2) is 10.6. The molecule has 8 nitrogen and oxygen atoms in total. The van der Waals surface area contributed by atoms with Gasteiger partial charge in [0.2, 0.25) is 0 Å². The molecule has 0 heterocycles. The molecule has 0 aliphatic rings. The second-order valence-electron chi connectivity index (χ2n) is 1.80. The summed E-state index contributed by atoms with van der Waals surface area (Å²) in [6, 6.07) is 0. The number of aliphatic carboxylic acids is 1. The van der Waals surface area contributed by atoms with Crippen molar-refractivity contribution in [3.05, 3.63) is 0 Å². The summed E-state index contributed by atoms with van der Waals surface area (Å²) < 4.78 is 22.2. The molecule has 2 unspecified atom stereocenters.